The maximum absolute atomic E-state index is 6.35. The number of benzene rings is 2. The van der Waals surface area contributed by atoms with Crippen molar-refractivity contribution in [1.82, 2.24) is 15.2 Å². The SMILES string of the molecule is CC(C)Oc1ccc(-c2cc(-c3ccc4[nH]cc(Br)c4c3)[nH]n2)cc1Cl. The van der Waals surface area contributed by atoms with Crippen molar-refractivity contribution in [2.75, 3.05) is 0 Å². The third kappa shape index (κ3) is 3.24. The monoisotopic (exact) mass is 429 g/mol. The summed E-state index contributed by atoms with van der Waals surface area (Å²) in [6.07, 6.45) is 2.02. The van der Waals surface area contributed by atoms with E-state index < -0.39 is 0 Å². The van der Waals surface area contributed by atoms with Crippen LogP contribution in [0.1, 0.15) is 13.8 Å². The number of rotatable bonds is 4. The van der Waals surface area contributed by atoms with Gasteiger partial charge in [0.25, 0.3) is 0 Å². The Morgan fingerprint density at radius 3 is 2.65 bits per heavy atom. The van der Waals surface area contributed by atoms with Crippen molar-refractivity contribution in [2.24, 2.45) is 0 Å². The molecule has 26 heavy (non-hydrogen) atoms. The quantitative estimate of drug-likeness (QED) is 0.392. The predicted molar refractivity (Wildman–Crippen MR) is 110 cm³/mol. The third-order valence-corrected chi connectivity index (χ3v) is 5.06. The lowest BCUT2D eigenvalue weighted by Crippen LogP contribution is -2.05. The molecule has 0 aliphatic rings. The van der Waals surface area contributed by atoms with Crippen molar-refractivity contribution < 1.29 is 4.74 Å². The van der Waals surface area contributed by atoms with E-state index in [1.54, 1.807) is 0 Å². The Kier molecular flexibility index (Phi) is 4.51. The minimum absolute atomic E-state index is 0.0815. The molecule has 0 radical (unpaired) electrons. The van der Waals surface area contributed by atoms with Gasteiger partial charge in [-0.25, -0.2) is 0 Å². The van der Waals surface area contributed by atoms with Crippen molar-refractivity contribution in [1.29, 1.82) is 0 Å². The van der Waals surface area contributed by atoms with Crippen molar-refractivity contribution in [3.05, 3.63) is 58.2 Å². The van der Waals surface area contributed by atoms with Crippen LogP contribution < -0.4 is 4.74 Å². The second-order valence-corrected chi connectivity index (χ2v) is 7.64. The van der Waals surface area contributed by atoms with Crippen LogP contribution in [0.15, 0.2) is 53.1 Å². The number of aromatic nitrogens is 3. The van der Waals surface area contributed by atoms with Crippen LogP contribution in [0, 0.1) is 0 Å². The molecule has 0 spiro atoms. The summed E-state index contributed by atoms with van der Waals surface area (Å²) in [7, 11) is 0. The van der Waals surface area contributed by atoms with Crippen molar-refractivity contribution in [3.63, 3.8) is 0 Å². The van der Waals surface area contributed by atoms with Gasteiger partial charge >= 0.3 is 0 Å². The molecule has 0 saturated carbocycles. The van der Waals surface area contributed by atoms with Crippen LogP contribution in [-0.2, 0) is 0 Å². The molecule has 132 valence electrons. The summed E-state index contributed by atoms with van der Waals surface area (Å²) in [4.78, 5) is 3.22. The van der Waals surface area contributed by atoms with Gasteiger partial charge in [0.05, 0.1) is 22.5 Å². The van der Waals surface area contributed by atoms with Gasteiger partial charge in [0.15, 0.2) is 0 Å². The zero-order chi connectivity index (χ0) is 18.3. The molecule has 0 atom stereocenters. The van der Waals surface area contributed by atoms with Crippen molar-refractivity contribution in [3.8, 4) is 28.3 Å². The van der Waals surface area contributed by atoms with E-state index in [1.165, 1.54) is 0 Å². The first-order valence-corrected chi connectivity index (χ1v) is 9.47. The van der Waals surface area contributed by atoms with Gasteiger partial charge in [-0.15, -0.1) is 0 Å². The first-order chi connectivity index (χ1) is 12.5. The minimum atomic E-state index is 0.0815. The maximum atomic E-state index is 6.35. The number of fused-ring (bicyclic) bond motifs is 1. The number of ether oxygens (including phenoxy) is 1. The Morgan fingerprint density at radius 2 is 1.88 bits per heavy atom. The van der Waals surface area contributed by atoms with E-state index >= 15 is 0 Å². The van der Waals surface area contributed by atoms with Crippen LogP contribution in [-0.4, -0.2) is 21.3 Å². The first kappa shape index (κ1) is 17.2. The summed E-state index contributed by atoms with van der Waals surface area (Å²) in [6, 6.07) is 14.0. The predicted octanol–water partition coefficient (Wildman–Crippen LogP) is 6.43. The highest BCUT2D eigenvalue weighted by molar-refractivity contribution is 9.10. The average molecular weight is 431 g/mol. The lowest BCUT2D eigenvalue weighted by atomic mass is 10.1. The van der Waals surface area contributed by atoms with Gasteiger partial charge in [0.2, 0.25) is 0 Å². The topological polar surface area (TPSA) is 53.7 Å². The first-order valence-electron chi connectivity index (χ1n) is 8.30. The van der Waals surface area contributed by atoms with Crippen molar-refractivity contribution >= 4 is 38.4 Å². The van der Waals surface area contributed by atoms with Gasteiger partial charge in [-0.1, -0.05) is 17.7 Å². The lowest BCUT2D eigenvalue weighted by Gasteiger charge is -2.11. The van der Waals surface area contributed by atoms with Gasteiger partial charge in [-0.3, -0.25) is 5.10 Å². The van der Waals surface area contributed by atoms with E-state index in [9.17, 15) is 0 Å². The van der Waals surface area contributed by atoms with Gasteiger partial charge in [0, 0.05) is 32.7 Å². The van der Waals surface area contributed by atoms with Crippen LogP contribution in [0.2, 0.25) is 5.02 Å². The molecular formula is C20H17BrClN3O. The van der Waals surface area contributed by atoms with Crippen molar-refractivity contribution in [2.45, 2.75) is 20.0 Å². The van der Waals surface area contributed by atoms with E-state index in [4.69, 9.17) is 16.3 Å². The molecule has 0 saturated heterocycles. The molecule has 4 aromatic rings. The summed E-state index contributed by atoms with van der Waals surface area (Å²) in [5.74, 6) is 0.684. The highest BCUT2D eigenvalue weighted by Gasteiger charge is 2.11. The fourth-order valence-electron chi connectivity index (χ4n) is 2.88. The smallest absolute Gasteiger partial charge is 0.138 e. The summed E-state index contributed by atoms with van der Waals surface area (Å²) in [5, 5.41) is 9.27. The maximum Gasteiger partial charge on any atom is 0.138 e. The number of hydrogen-bond donors (Lipinski definition) is 2. The molecule has 2 N–H and O–H groups in total. The molecule has 0 amide bonds. The molecule has 2 heterocycles. The van der Waals surface area contributed by atoms with E-state index in [-0.39, 0.29) is 6.10 Å². The molecule has 0 aliphatic carbocycles. The number of hydrogen-bond acceptors (Lipinski definition) is 2. The van der Waals surface area contributed by atoms with Crippen LogP contribution in [0.5, 0.6) is 5.75 Å². The van der Waals surface area contributed by atoms with Gasteiger partial charge in [-0.05, 0) is 66.2 Å². The number of nitrogens with zero attached hydrogens (tertiary/aromatic N) is 1. The molecule has 0 fully saturated rings. The van der Waals surface area contributed by atoms with Crippen LogP contribution >= 0.6 is 27.5 Å². The molecular weight excluding hydrogens is 414 g/mol. The third-order valence-electron chi connectivity index (χ3n) is 4.11. The molecule has 2 aromatic heterocycles. The fourth-order valence-corrected chi connectivity index (χ4v) is 3.55. The normalized spacial score (nSPS) is 11.4. The summed E-state index contributed by atoms with van der Waals surface area (Å²) in [6.45, 7) is 3.95. The van der Waals surface area contributed by atoms with Gasteiger partial charge in [0.1, 0.15) is 5.75 Å². The zero-order valence-electron chi connectivity index (χ0n) is 14.3. The van der Waals surface area contributed by atoms with Crippen LogP contribution in [0.4, 0.5) is 0 Å². The molecule has 0 bridgehead atoms. The molecule has 4 rings (SSSR count). The average Bonchev–Trinajstić information content (AvgIpc) is 3.24. The molecule has 0 unspecified atom stereocenters. The molecule has 2 aromatic carbocycles. The Hall–Kier alpha value is -2.24. The fraction of sp³-hybridized carbons (Fsp3) is 0.150. The number of H-pyrrole nitrogens is 2. The largest absolute Gasteiger partial charge is 0.489 e. The van der Waals surface area contributed by atoms with Crippen LogP contribution in [0.3, 0.4) is 0 Å². The zero-order valence-corrected chi connectivity index (χ0v) is 16.6. The highest BCUT2D eigenvalue weighted by Crippen LogP contribution is 2.33. The van der Waals surface area contributed by atoms with Crippen LogP contribution in [0.25, 0.3) is 33.4 Å². The summed E-state index contributed by atoms with van der Waals surface area (Å²) in [5.41, 5.74) is 4.90. The lowest BCUT2D eigenvalue weighted by molar-refractivity contribution is 0.242. The Labute approximate surface area is 164 Å². The second kappa shape index (κ2) is 6.82. The summed E-state index contributed by atoms with van der Waals surface area (Å²) >= 11 is 9.91. The standard InChI is InChI=1S/C20H17BrClN3O/c1-11(2)26-20-6-4-13(8-16(20)22)19-9-18(24-25-19)12-3-5-17-14(7-12)15(21)10-23-17/h3-11,23H,1-2H3,(H,24,25). The van der Waals surface area contributed by atoms with Gasteiger partial charge < -0.3 is 9.72 Å². The molecule has 6 heteroatoms. The number of nitrogens with one attached hydrogen (secondary N) is 2. The Bertz CT molecular complexity index is 1080. The van der Waals surface area contributed by atoms with E-state index in [1.807, 2.05) is 44.3 Å². The highest BCUT2D eigenvalue weighted by atomic mass is 79.9. The summed E-state index contributed by atoms with van der Waals surface area (Å²) < 4.78 is 6.73. The van der Waals surface area contributed by atoms with E-state index in [2.05, 4.69) is 49.3 Å². The molecule has 0 aliphatic heterocycles. The minimum Gasteiger partial charge on any atom is -0.489 e. The van der Waals surface area contributed by atoms with E-state index in [0.29, 0.717) is 10.8 Å². The Morgan fingerprint density at radius 1 is 1.08 bits per heavy atom. The second-order valence-electron chi connectivity index (χ2n) is 6.38. The number of halogens is 2. The van der Waals surface area contributed by atoms with E-state index in [0.717, 1.165) is 37.9 Å². The number of aromatic amines is 2. The Balaban J connectivity index is 1.67. The van der Waals surface area contributed by atoms with Gasteiger partial charge in [-0.2, -0.15) is 5.10 Å². The molecule has 4 nitrogen and oxygen atoms in total.